The molecule has 2 N–H and O–H groups in total. The van der Waals surface area contributed by atoms with Gasteiger partial charge in [-0.1, -0.05) is 12.1 Å². The fourth-order valence-electron chi connectivity index (χ4n) is 2.73. The highest BCUT2D eigenvalue weighted by Crippen LogP contribution is 2.31. The Hall–Kier alpha value is -1.81. The van der Waals surface area contributed by atoms with Gasteiger partial charge in [-0.25, -0.2) is 0 Å². The van der Waals surface area contributed by atoms with Gasteiger partial charge in [0.1, 0.15) is 0 Å². The molecule has 0 saturated carbocycles. The molecule has 3 nitrogen and oxygen atoms in total. The Kier molecular flexibility index (Phi) is 3.74. The molecule has 1 aromatic carbocycles. The van der Waals surface area contributed by atoms with Crippen molar-refractivity contribution in [2.24, 2.45) is 0 Å². The average Bonchev–Trinajstić information content (AvgIpc) is 2.98. The average molecular weight is 286 g/mol. The lowest BCUT2D eigenvalue weighted by Crippen LogP contribution is -2.35. The van der Waals surface area contributed by atoms with E-state index in [1.54, 1.807) is 11.3 Å². The second-order valence-corrected chi connectivity index (χ2v) is 6.11. The molecule has 2 heterocycles. The van der Waals surface area contributed by atoms with E-state index in [-0.39, 0.29) is 5.91 Å². The van der Waals surface area contributed by atoms with Crippen molar-refractivity contribution in [3.05, 3.63) is 46.2 Å². The van der Waals surface area contributed by atoms with Crippen molar-refractivity contribution in [1.29, 1.82) is 0 Å². The van der Waals surface area contributed by atoms with Crippen molar-refractivity contribution in [2.75, 3.05) is 17.2 Å². The van der Waals surface area contributed by atoms with Crippen LogP contribution in [0.15, 0.2) is 35.7 Å². The molecule has 1 aliphatic heterocycles. The molecule has 2 aromatic rings. The van der Waals surface area contributed by atoms with Crippen LogP contribution < -0.4 is 10.6 Å². The number of hydrogen-bond donors (Lipinski definition) is 1. The van der Waals surface area contributed by atoms with Crippen LogP contribution in [-0.2, 0) is 17.6 Å². The van der Waals surface area contributed by atoms with E-state index in [0.717, 1.165) is 42.7 Å². The number of nitrogens with zero attached hydrogens (tertiary/aromatic N) is 1. The summed E-state index contributed by atoms with van der Waals surface area (Å²) in [6.07, 6.45) is 3.35. The zero-order valence-corrected chi connectivity index (χ0v) is 12.2. The summed E-state index contributed by atoms with van der Waals surface area (Å²) in [4.78, 5) is 15.6. The van der Waals surface area contributed by atoms with Gasteiger partial charge in [-0.15, -0.1) is 11.3 Å². The monoisotopic (exact) mass is 286 g/mol. The number of benzene rings is 1. The molecule has 0 saturated heterocycles. The van der Waals surface area contributed by atoms with Gasteiger partial charge in [0, 0.05) is 29.2 Å². The Balaban J connectivity index is 1.75. The highest BCUT2D eigenvalue weighted by molar-refractivity contribution is 7.09. The van der Waals surface area contributed by atoms with E-state index < -0.39 is 0 Å². The lowest BCUT2D eigenvalue weighted by atomic mass is 9.99. The standard InChI is InChI=1S/C16H18N2OS/c17-14-6-1-7-15-13(14)5-2-10-18(15)16(19)9-8-12-4-3-11-20-12/h1,3-4,6-7,11H,2,5,8-10,17H2. The molecular formula is C16H18N2OS. The lowest BCUT2D eigenvalue weighted by molar-refractivity contribution is -0.118. The number of hydrogen-bond acceptors (Lipinski definition) is 3. The molecule has 1 amide bonds. The Bertz CT molecular complexity index is 607. The number of thiophene rings is 1. The predicted octanol–water partition coefficient (Wildman–Crippen LogP) is 3.24. The van der Waals surface area contributed by atoms with Crippen LogP contribution in [0.3, 0.4) is 0 Å². The van der Waals surface area contributed by atoms with Crippen molar-refractivity contribution in [3.63, 3.8) is 0 Å². The van der Waals surface area contributed by atoms with Crippen LogP contribution >= 0.6 is 11.3 Å². The normalized spacial score (nSPS) is 14.1. The number of anilines is 2. The van der Waals surface area contributed by atoms with E-state index in [2.05, 4.69) is 11.4 Å². The first-order valence-corrected chi connectivity index (χ1v) is 7.84. The summed E-state index contributed by atoms with van der Waals surface area (Å²) in [5.41, 5.74) is 8.96. The predicted molar refractivity (Wildman–Crippen MR) is 84.2 cm³/mol. The van der Waals surface area contributed by atoms with Gasteiger partial charge in [0.25, 0.3) is 0 Å². The first-order valence-electron chi connectivity index (χ1n) is 6.96. The number of rotatable bonds is 3. The molecule has 1 aliphatic rings. The van der Waals surface area contributed by atoms with Gasteiger partial charge in [0.2, 0.25) is 5.91 Å². The van der Waals surface area contributed by atoms with Crippen LogP contribution in [0.2, 0.25) is 0 Å². The number of amides is 1. The Labute approximate surface area is 123 Å². The minimum Gasteiger partial charge on any atom is -0.398 e. The molecule has 0 unspecified atom stereocenters. The van der Waals surface area contributed by atoms with Crippen LogP contribution in [0.5, 0.6) is 0 Å². The van der Waals surface area contributed by atoms with E-state index >= 15 is 0 Å². The number of nitrogens with two attached hydrogens (primary N) is 1. The largest absolute Gasteiger partial charge is 0.398 e. The Morgan fingerprint density at radius 2 is 2.20 bits per heavy atom. The van der Waals surface area contributed by atoms with Gasteiger partial charge < -0.3 is 10.6 Å². The van der Waals surface area contributed by atoms with Crippen LogP contribution in [0.1, 0.15) is 23.3 Å². The second-order valence-electron chi connectivity index (χ2n) is 5.07. The second kappa shape index (κ2) is 5.67. The van der Waals surface area contributed by atoms with Crippen molar-refractivity contribution < 1.29 is 4.79 Å². The number of fused-ring (bicyclic) bond motifs is 1. The number of nitrogen functional groups attached to an aromatic ring is 1. The van der Waals surface area contributed by atoms with Gasteiger partial charge in [0.15, 0.2) is 0 Å². The van der Waals surface area contributed by atoms with Crippen LogP contribution in [0, 0.1) is 0 Å². The molecule has 0 spiro atoms. The quantitative estimate of drug-likeness (QED) is 0.880. The van der Waals surface area contributed by atoms with Gasteiger partial charge in [-0.05, 0) is 48.4 Å². The lowest BCUT2D eigenvalue weighted by Gasteiger charge is -2.30. The first-order chi connectivity index (χ1) is 9.75. The molecule has 0 bridgehead atoms. The van der Waals surface area contributed by atoms with E-state index in [0.29, 0.717) is 6.42 Å². The highest BCUT2D eigenvalue weighted by atomic mass is 32.1. The summed E-state index contributed by atoms with van der Waals surface area (Å²) in [6, 6.07) is 9.97. The minimum absolute atomic E-state index is 0.199. The molecule has 3 rings (SSSR count). The molecule has 20 heavy (non-hydrogen) atoms. The molecule has 104 valence electrons. The summed E-state index contributed by atoms with van der Waals surface area (Å²) in [5, 5.41) is 2.05. The van der Waals surface area contributed by atoms with E-state index in [9.17, 15) is 4.79 Å². The number of aryl methyl sites for hydroxylation is 1. The minimum atomic E-state index is 0.199. The van der Waals surface area contributed by atoms with E-state index in [4.69, 9.17) is 5.73 Å². The summed E-state index contributed by atoms with van der Waals surface area (Å²) >= 11 is 1.71. The molecule has 0 radical (unpaired) electrons. The fraction of sp³-hybridized carbons (Fsp3) is 0.312. The molecule has 0 atom stereocenters. The highest BCUT2D eigenvalue weighted by Gasteiger charge is 2.23. The fourth-order valence-corrected chi connectivity index (χ4v) is 3.44. The third-order valence-electron chi connectivity index (χ3n) is 3.75. The van der Waals surface area contributed by atoms with Gasteiger partial charge in [-0.2, -0.15) is 0 Å². The molecular weight excluding hydrogens is 268 g/mol. The van der Waals surface area contributed by atoms with Crippen LogP contribution in [0.25, 0.3) is 0 Å². The van der Waals surface area contributed by atoms with Crippen molar-refractivity contribution in [2.45, 2.75) is 25.7 Å². The zero-order chi connectivity index (χ0) is 13.9. The Morgan fingerprint density at radius 1 is 1.30 bits per heavy atom. The smallest absolute Gasteiger partial charge is 0.227 e. The third-order valence-corrected chi connectivity index (χ3v) is 4.69. The number of carbonyl (C=O) groups is 1. The maximum atomic E-state index is 12.5. The maximum Gasteiger partial charge on any atom is 0.227 e. The van der Waals surface area contributed by atoms with Crippen molar-refractivity contribution >= 4 is 28.6 Å². The summed E-state index contributed by atoms with van der Waals surface area (Å²) in [6.45, 7) is 0.805. The summed E-state index contributed by atoms with van der Waals surface area (Å²) < 4.78 is 0. The van der Waals surface area contributed by atoms with Gasteiger partial charge in [0.05, 0.1) is 0 Å². The van der Waals surface area contributed by atoms with E-state index in [1.807, 2.05) is 29.2 Å². The molecule has 0 fully saturated rings. The van der Waals surface area contributed by atoms with Crippen molar-refractivity contribution in [1.82, 2.24) is 0 Å². The van der Waals surface area contributed by atoms with Gasteiger partial charge in [-0.3, -0.25) is 4.79 Å². The zero-order valence-electron chi connectivity index (χ0n) is 11.3. The van der Waals surface area contributed by atoms with Gasteiger partial charge >= 0.3 is 0 Å². The first kappa shape index (κ1) is 13.2. The molecule has 1 aromatic heterocycles. The summed E-state index contributed by atoms with van der Waals surface area (Å²) in [7, 11) is 0. The molecule has 0 aliphatic carbocycles. The maximum absolute atomic E-state index is 12.5. The third kappa shape index (κ3) is 2.56. The summed E-state index contributed by atoms with van der Waals surface area (Å²) in [5.74, 6) is 0.199. The SMILES string of the molecule is Nc1cccc2c1CCCN2C(=O)CCc1cccs1. The van der Waals surface area contributed by atoms with Crippen molar-refractivity contribution in [3.8, 4) is 0 Å². The number of carbonyl (C=O) groups excluding carboxylic acids is 1. The van der Waals surface area contributed by atoms with E-state index in [1.165, 1.54) is 4.88 Å². The van der Waals surface area contributed by atoms with Crippen LogP contribution in [-0.4, -0.2) is 12.5 Å². The van der Waals surface area contributed by atoms with Crippen LogP contribution in [0.4, 0.5) is 11.4 Å². The molecule has 4 heteroatoms. The Morgan fingerprint density at radius 3 is 3.00 bits per heavy atom. The topological polar surface area (TPSA) is 46.3 Å².